The van der Waals surface area contributed by atoms with E-state index >= 15 is 0 Å². The van der Waals surface area contributed by atoms with Crippen LogP contribution in [0, 0.1) is 23.0 Å². The topological polar surface area (TPSA) is 124 Å². The molecule has 10 heteroatoms. The first-order valence-electron chi connectivity index (χ1n) is 10.4. The average molecular weight is 453 g/mol. The number of nitrogens with two attached hydrogens (primary N) is 1. The maximum atomic E-state index is 13.3. The number of halogens is 2. The zero-order valence-electron chi connectivity index (χ0n) is 17.5. The van der Waals surface area contributed by atoms with Gasteiger partial charge < -0.3 is 20.4 Å². The number of fused-ring (bicyclic) bond motifs is 1. The minimum absolute atomic E-state index is 0.0457. The van der Waals surface area contributed by atoms with Crippen molar-refractivity contribution in [2.24, 2.45) is 5.73 Å². The van der Waals surface area contributed by atoms with E-state index in [2.05, 4.69) is 16.4 Å². The number of hydrogen-bond acceptors (Lipinski definition) is 5. The standard InChI is InChI=1S/C23H21F2N5O3/c24-18-5-3-14(9-19(18)25)29-23(32)33-16-4-6-21-17(10-16)13(12-28-21)8-20(27)22(31)30-7-1-2-15(30)11-26/h3-6,9-10,12,15,20,28H,1-2,7-8,27H2,(H,29,32)/t15-,20-/m0/s1. The van der Waals surface area contributed by atoms with Gasteiger partial charge in [0.05, 0.1) is 12.1 Å². The molecule has 1 aliphatic rings. The number of nitrogens with one attached hydrogen (secondary N) is 2. The van der Waals surface area contributed by atoms with E-state index in [-0.39, 0.29) is 23.8 Å². The largest absolute Gasteiger partial charge is 0.417 e. The van der Waals surface area contributed by atoms with Gasteiger partial charge in [0.1, 0.15) is 11.8 Å². The highest BCUT2D eigenvalue weighted by Crippen LogP contribution is 2.26. The number of amides is 2. The van der Waals surface area contributed by atoms with Crippen LogP contribution in [0.5, 0.6) is 5.75 Å². The molecule has 2 heterocycles. The van der Waals surface area contributed by atoms with Gasteiger partial charge in [-0.1, -0.05) is 0 Å². The molecule has 1 saturated heterocycles. The van der Waals surface area contributed by atoms with Gasteiger partial charge in [0.25, 0.3) is 0 Å². The van der Waals surface area contributed by atoms with Gasteiger partial charge in [-0.25, -0.2) is 13.6 Å². The smallest absolute Gasteiger partial charge is 0.410 e. The van der Waals surface area contributed by atoms with Crippen LogP contribution in [0.4, 0.5) is 19.3 Å². The summed E-state index contributed by atoms with van der Waals surface area (Å²) in [4.78, 5) is 29.5. The molecule has 4 rings (SSSR count). The van der Waals surface area contributed by atoms with Crippen molar-refractivity contribution in [3.05, 3.63) is 59.8 Å². The van der Waals surface area contributed by atoms with Crippen molar-refractivity contribution in [2.75, 3.05) is 11.9 Å². The van der Waals surface area contributed by atoms with E-state index in [0.717, 1.165) is 35.0 Å². The zero-order valence-corrected chi connectivity index (χ0v) is 17.5. The van der Waals surface area contributed by atoms with E-state index in [1.807, 2.05) is 0 Å². The molecule has 0 spiro atoms. The minimum Gasteiger partial charge on any atom is -0.410 e. The third-order valence-electron chi connectivity index (χ3n) is 5.56. The molecule has 2 amide bonds. The number of carbonyl (C=O) groups excluding carboxylic acids is 2. The number of aromatic amines is 1. The molecule has 0 radical (unpaired) electrons. The van der Waals surface area contributed by atoms with Crippen molar-refractivity contribution >= 4 is 28.6 Å². The maximum Gasteiger partial charge on any atom is 0.417 e. The van der Waals surface area contributed by atoms with Gasteiger partial charge in [-0.3, -0.25) is 10.1 Å². The van der Waals surface area contributed by atoms with Gasteiger partial charge in [0.15, 0.2) is 11.6 Å². The lowest BCUT2D eigenvalue weighted by atomic mass is 10.0. The van der Waals surface area contributed by atoms with Crippen LogP contribution < -0.4 is 15.8 Å². The van der Waals surface area contributed by atoms with E-state index in [9.17, 15) is 23.6 Å². The summed E-state index contributed by atoms with van der Waals surface area (Å²) in [6.45, 7) is 0.518. The molecule has 1 fully saturated rings. The first kappa shape index (κ1) is 22.2. The molecule has 2 aromatic carbocycles. The molecule has 4 N–H and O–H groups in total. The number of H-pyrrole nitrogens is 1. The zero-order chi connectivity index (χ0) is 23.5. The van der Waals surface area contributed by atoms with Gasteiger partial charge in [-0.15, -0.1) is 0 Å². The van der Waals surface area contributed by atoms with Crippen molar-refractivity contribution < 1.29 is 23.1 Å². The van der Waals surface area contributed by atoms with Crippen molar-refractivity contribution in [1.82, 2.24) is 9.88 Å². The number of ether oxygens (including phenoxy) is 1. The number of nitrogens with zero attached hydrogens (tertiary/aromatic N) is 2. The predicted molar refractivity (Wildman–Crippen MR) is 116 cm³/mol. The fourth-order valence-corrected chi connectivity index (χ4v) is 3.92. The Kier molecular flexibility index (Phi) is 6.24. The number of nitriles is 1. The third-order valence-corrected chi connectivity index (χ3v) is 5.56. The van der Waals surface area contributed by atoms with Gasteiger partial charge >= 0.3 is 6.09 Å². The Labute approximate surface area is 187 Å². The van der Waals surface area contributed by atoms with Crippen LogP contribution in [0.1, 0.15) is 18.4 Å². The van der Waals surface area contributed by atoms with Crippen molar-refractivity contribution in [3.63, 3.8) is 0 Å². The highest BCUT2D eigenvalue weighted by Gasteiger charge is 2.31. The van der Waals surface area contributed by atoms with Crippen LogP contribution in [0.3, 0.4) is 0 Å². The molecule has 0 bridgehead atoms. The van der Waals surface area contributed by atoms with Gasteiger partial charge in [0.2, 0.25) is 5.91 Å². The summed E-state index contributed by atoms with van der Waals surface area (Å²) in [5, 5.41) is 12.3. The second-order valence-electron chi connectivity index (χ2n) is 7.79. The molecule has 0 aliphatic carbocycles. The van der Waals surface area contributed by atoms with E-state index in [4.69, 9.17) is 10.5 Å². The van der Waals surface area contributed by atoms with Gasteiger partial charge in [-0.05, 0) is 55.2 Å². The molecule has 170 valence electrons. The Morgan fingerprint density at radius 2 is 2.09 bits per heavy atom. The van der Waals surface area contributed by atoms with Crippen LogP contribution in [-0.2, 0) is 11.2 Å². The number of aromatic nitrogens is 1. The molecular weight excluding hydrogens is 432 g/mol. The summed E-state index contributed by atoms with van der Waals surface area (Å²) in [7, 11) is 0. The molecule has 1 aliphatic heterocycles. The normalized spacial score (nSPS) is 16.4. The summed E-state index contributed by atoms with van der Waals surface area (Å²) in [5.74, 6) is -2.17. The molecule has 3 aromatic rings. The molecule has 33 heavy (non-hydrogen) atoms. The lowest BCUT2D eigenvalue weighted by Crippen LogP contribution is -2.46. The SMILES string of the molecule is N#C[C@@H]1CCCN1C(=O)[C@@H](N)Cc1c[nH]c2ccc(OC(=O)Nc3ccc(F)c(F)c3)cc12. The molecule has 2 atom stereocenters. The number of rotatable bonds is 5. The second-order valence-corrected chi connectivity index (χ2v) is 7.79. The quantitative estimate of drug-likeness (QED) is 0.546. The van der Waals surface area contributed by atoms with Crippen molar-refractivity contribution in [2.45, 2.75) is 31.3 Å². The van der Waals surface area contributed by atoms with E-state index in [1.165, 1.54) is 11.0 Å². The fraction of sp³-hybridized carbons (Fsp3) is 0.261. The Balaban J connectivity index is 1.45. The van der Waals surface area contributed by atoms with Crippen LogP contribution in [0.15, 0.2) is 42.6 Å². The number of likely N-dealkylation sites (tertiary alicyclic amines) is 1. The first-order chi connectivity index (χ1) is 15.9. The predicted octanol–water partition coefficient (Wildman–Crippen LogP) is 3.44. The van der Waals surface area contributed by atoms with Crippen molar-refractivity contribution in [3.8, 4) is 11.8 Å². The molecule has 8 nitrogen and oxygen atoms in total. The van der Waals surface area contributed by atoms with Crippen LogP contribution in [0.2, 0.25) is 0 Å². The minimum atomic E-state index is -1.09. The molecular formula is C23H21F2N5O3. The summed E-state index contributed by atoms with van der Waals surface area (Å²) in [6, 6.07) is 8.73. The summed E-state index contributed by atoms with van der Waals surface area (Å²) in [5.41, 5.74) is 7.72. The van der Waals surface area contributed by atoms with Gasteiger partial charge in [0, 0.05) is 35.4 Å². The number of anilines is 1. The lowest BCUT2D eigenvalue weighted by Gasteiger charge is -2.23. The van der Waals surface area contributed by atoms with E-state index in [0.29, 0.717) is 13.0 Å². The first-order valence-corrected chi connectivity index (χ1v) is 10.4. The highest BCUT2D eigenvalue weighted by molar-refractivity contribution is 5.89. The maximum absolute atomic E-state index is 13.3. The number of hydrogen-bond donors (Lipinski definition) is 3. The molecule has 0 unspecified atom stereocenters. The van der Waals surface area contributed by atoms with Crippen LogP contribution in [-0.4, -0.2) is 40.5 Å². The second kappa shape index (κ2) is 9.26. The van der Waals surface area contributed by atoms with E-state index < -0.39 is 29.8 Å². The molecule has 1 aromatic heterocycles. The lowest BCUT2D eigenvalue weighted by molar-refractivity contribution is -0.132. The van der Waals surface area contributed by atoms with Crippen LogP contribution in [0.25, 0.3) is 10.9 Å². The third kappa shape index (κ3) is 4.78. The summed E-state index contributed by atoms with van der Waals surface area (Å²) >= 11 is 0. The summed E-state index contributed by atoms with van der Waals surface area (Å²) in [6.07, 6.45) is 2.51. The Morgan fingerprint density at radius 1 is 1.27 bits per heavy atom. The Morgan fingerprint density at radius 3 is 2.85 bits per heavy atom. The Hall–Kier alpha value is -3.97. The van der Waals surface area contributed by atoms with Crippen molar-refractivity contribution in [1.29, 1.82) is 5.26 Å². The number of carbonyl (C=O) groups is 2. The van der Waals surface area contributed by atoms with Gasteiger partial charge in [-0.2, -0.15) is 5.26 Å². The monoisotopic (exact) mass is 453 g/mol. The average Bonchev–Trinajstić information content (AvgIpc) is 3.42. The number of benzene rings is 2. The Bertz CT molecular complexity index is 1250. The molecule has 0 saturated carbocycles. The summed E-state index contributed by atoms with van der Waals surface area (Å²) < 4.78 is 31.6. The fourth-order valence-electron chi connectivity index (χ4n) is 3.92. The van der Waals surface area contributed by atoms with E-state index in [1.54, 1.807) is 24.4 Å². The highest BCUT2D eigenvalue weighted by atomic mass is 19.2. The van der Waals surface area contributed by atoms with Crippen LogP contribution >= 0.6 is 0 Å².